The predicted octanol–water partition coefficient (Wildman–Crippen LogP) is -0.711. The molecule has 28 heavy (non-hydrogen) atoms. The van der Waals surface area contributed by atoms with Gasteiger partial charge in [0.25, 0.3) is 5.91 Å². The van der Waals surface area contributed by atoms with Gasteiger partial charge in [0.05, 0.1) is 18.0 Å². The number of benzene rings is 1. The minimum atomic E-state index is -1.01. The molecule has 0 saturated carbocycles. The molecule has 0 bridgehead atoms. The molecule has 1 unspecified atom stereocenters. The van der Waals surface area contributed by atoms with Crippen LogP contribution in [0.2, 0.25) is 0 Å². The van der Waals surface area contributed by atoms with Crippen molar-refractivity contribution in [2.75, 3.05) is 38.0 Å². The Bertz CT molecular complexity index is 822. The maximum atomic E-state index is 14.8. The Balaban J connectivity index is 1.83. The molecule has 2 fully saturated rings. The molecule has 5 N–H and O–H groups in total. The number of amides is 4. The molecule has 1 atom stereocenters. The number of nitrogens with zero attached hydrogens (tertiary/aromatic N) is 1. The minimum Gasteiger partial charge on any atom is -0.366 e. The highest BCUT2D eigenvalue weighted by atomic mass is 19.1. The summed E-state index contributed by atoms with van der Waals surface area (Å²) in [7, 11) is 0. The van der Waals surface area contributed by atoms with Gasteiger partial charge in [0.2, 0.25) is 17.7 Å². The van der Waals surface area contributed by atoms with Crippen LogP contribution in [0.4, 0.5) is 10.1 Å². The first-order valence-electron chi connectivity index (χ1n) is 9.05. The highest BCUT2D eigenvalue weighted by Crippen LogP contribution is 2.31. The third-order valence-electron chi connectivity index (χ3n) is 4.84. The highest BCUT2D eigenvalue weighted by Gasteiger charge is 2.32. The summed E-state index contributed by atoms with van der Waals surface area (Å²) < 4.78 is 14.8. The molecule has 0 aliphatic carbocycles. The zero-order valence-electron chi connectivity index (χ0n) is 15.2. The normalized spacial score (nSPS) is 20.5. The molecule has 10 heteroatoms. The fourth-order valence-corrected chi connectivity index (χ4v) is 3.42. The number of nitrogens with two attached hydrogens (primary N) is 1. The summed E-state index contributed by atoms with van der Waals surface area (Å²) in [6.07, 6.45) is 0.166. The maximum absolute atomic E-state index is 14.8. The summed E-state index contributed by atoms with van der Waals surface area (Å²) >= 11 is 0. The number of anilines is 1. The number of rotatable bonds is 5. The predicted molar refractivity (Wildman–Crippen MR) is 98.0 cm³/mol. The van der Waals surface area contributed by atoms with Crippen molar-refractivity contribution in [1.82, 2.24) is 15.5 Å². The van der Waals surface area contributed by atoms with E-state index in [2.05, 4.69) is 16.0 Å². The summed E-state index contributed by atoms with van der Waals surface area (Å²) in [5.41, 5.74) is 4.95. The third-order valence-corrected chi connectivity index (χ3v) is 4.84. The van der Waals surface area contributed by atoms with E-state index in [0.29, 0.717) is 0 Å². The van der Waals surface area contributed by atoms with Gasteiger partial charge in [-0.15, -0.1) is 0 Å². The average molecular weight is 391 g/mol. The zero-order chi connectivity index (χ0) is 20.3. The van der Waals surface area contributed by atoms with Crippen LogP contribution in [0.1, 0.15) is 34.7 Å². The first-order chi connectivity index (χ1) is 13.3. The number of primary amides is 1. The van der Waals surface area contributed by atoms with Gasteiger partial charge in [0.1, 0.15) is 5.82 Å². The first kappa shape index (κ1) is 19.9. The van der Waals surface area contributed by atoms with Crippen molar-refractivity contribution in [2.24, 2.45) is 5.73 Å². The van der Waals surface area contributed by atoms with Crippen LogP contribution in [-0.2, 0) is 14.4 Å². The van der Waals surface area contributed by atoms with Gasteiger partial charge < -0.3 is 16.4 Å². The second kappa shape index (κ2) is 8.44. The number of nitrogens with one attached hydrogen (secondary N) is 3. The van der Waals surface area contributed by atoms with Crippen LogP contribution >= 0.6 is 0 Å². The summed E-state index contributed by atoms with van der Waals surface area (Å²) in [5.74, 6) is -4.27. The Morgan fingerprint density at radius 3 is 2.61 bits per heavy atom. The molecule has 0 aromatic heterocycles. The average Bonchev–Trinajstić information content (AvgIpc) is 2.64. The van der Waals surface area contributed by atoms with Crippen molar-refractivity contribution in [3.8, 4) is 0 Å². The largest absolute Gasteiger partial charge is 0.366 e. The summed E-state index contributed by atoms with van der Waals surface area (Å²) in [4.78, 5) is 49.4. The Morgan fingerprint density at radius 1 is 1.25 bits per heavy atom. The van der Waals surface area contributed by atoms with E-state index in [-0.39, 0.29) is 36.5 Å². The topological polar surface area (TPSA) is 134 Å². The highest BCUT2D eigenvalue weighted by molar-refractivity contribution is 6.02. The molecule has 2 aliphatic rings. The van der Waals surface area contributed by atoms with Crippen LogP contribution in [0.25, 0.3) is 0 Å². The van der Waals surface area contributed by atoms with Crippen LogP contribution in [0, 0.1) is 5.82 Å². The van der Waals surface area contributed by atoms with Gasteiger partial charge in [-0.25, -0.2) is 4.39 Å². The lowest BCUT2D eigenvalue weighted by molar-refractivity contribution is -0.134. The van der Waals surface area contributed by atoms with Crippen LogP contribution in [0.3, 0.4) is 0 Å². The van der Waals surface area contributed by atoms with E-state index in [0.717, 1.165) is 32.2 Å². The molecule has 9 nitrogen and oxygen atoms in total. The Kier molecular flexibility index (Phi) is 6.00. The number of hydrogen-bond donors (Lipinski definition) is 4. The van der Waals surface area contributed by atoms with Gasteiger partial charge in [-0.3, -0.25) is 29.4 Å². The van der Waals surface area contributed by atoms with Crippen molar-refractivity contribution < 1.29 is 23.6 Å². The number of hydrogen-bond acceptors (Lipinski definition) is 6. The third kappa shape index (κ3) is 4.52. The maximum Gasteiger partial charge on any atom is 0.251 e. The van der Waals surface area contributed by atoms with Gasteiger partial charge >= 0.3 is 0 Å². The van der Waals surface area contributed by atoms with Crippen LogP contribution < -0.4 is 21.7 Å². The second-order valence-corrected chi connectivity index (χ2v) is 6.87. The molecular formula is C18H22FN5O4. The fraction of sp³-hybridized carbons (Fsp3) is 0.444. The summed E-state index contributed by atoms with van der Waals surface area (Å²) in [5, 5.41) is 7.98. The smallest absolute Gasteiger partial charge is 0.251 e. The van der Waals surface area contributed by atoms with Gasteiger partial charge in [-0.05, 0) is 18.6 Å². The molecule has 2 saturated heterocycles. The van der Waals surface area contributed by atoms with Gasteiger partial charge in [-0.2, -0.15) is 0 Å². The molecule has 0 radical (unpaired) electrons. The summed E-state index contributed by atoms with van der Waals surface area (Å²) in [6, 6.07) is 2.47. The molecule has 2 aliphatic heterocycles. The molecule has 150 valence electrons. The van der Waals surface area contributed by atoms with Crippen LogP contribution in [-0.4, -0.2) is 61.3 Å². The van der Waals surface area contributed by atoms with Crippen molar-refractivity contribution >= 4 is 29.3 Å². The van der Waals surface area contributed by atoms with Crippen molar-refractivity contribution in [3.63, 3.8) is 0 Å². The molecule has 0 spiro atoms. The number of piperazine rings is 1. The van der Waals surface area contributed by atoms with E-state index in [1.807, 2.05) is 4.90 Å². The molecule has 1 aromatic rings. The number of imide groups is 1. The minimum absolute atomic E-state index is 0.0569. The lowest BCUT2D eigenvalue weighted by atomic mass is 9.88. The Labute approximate surface area is 160 Å². The molecule has 3 rings (SSSR count). The number of carbonyl (C=O) groups is 4. The Morgan fingerprint density at radius 2 is 1.96 bits per heavy atom. The fourth-order valence-electron chi connectivity index (χ4n) is 3.42. The van der Waals surface area contributed by atoms with Crippen LogP contribution in [0.5, 0.6) is 0 Å². The standard InChI is InChI=1S/C18H22FN5O4/c19-16-12(11-1-2-14(25)23-18(11)28)7-10(8-13(16)17(20)27)22-15(26)9-24-5-3-21-4-6-24/h7-8,11,21H,1-6,9H2,(H2,20,27)(H,22,26)(H,23,25,28). The van der Waals surface area contributed by atoms with Crippen molar-refractivity contribution in [1.29, 1.82) is 0 Å². The van der Waals surface area contributed by atoms with Gasteiger partial charge in [-0.1, -0.05) is 0 Å². The zero-order valence-corrected chi connectivity index (χ0v) is 15.2. The Hall–Kier alpha value is -2.85. The molecule has 2 heterocycles. The van der Waals surface area contributed by atoms with E-state index in [9.17, 15) is 23.6 Å². The molecule has 1 aromatic carbocycles. The number of piperidine rings is 1. The van der Waals surface area contributed by atoms with E-state index >= 15 is 0 Å². The van der Waals surface area contributed by atoms with E-state index in [1.54, 1.807) is 0 Å². The SMILES string of the molecule is NC(=O)c1cc(NC(=O)CN2CCNCC2)cc(C2CCC(=O)NC2=O)c1F. The van der Waals surface area contributed by atoms with Gasteiger partial charge in [0.15, 0.2) is 0 Å². The van der Waals surface area contributed by atoms with E-state index < -0.39 is 35.0 Å². The molecular weight excluding hydrogens is 369 g/mol. The quantitative estimate of drug-likeness (QED) is 0.490. The van der Waals surface area contributed by atoms with Crippen molar-refractivity contribution in [2.45, 2.75) is 18.8 Å². The first-order valence-corrected chi connectivity index (χ1v) is 9.05. The van der Waals surface area contributed by atoms with Crippen LogP contribution in [0.15, 0.2) is 12.1 Å². The lowest BCUT2D eigenvalue weighted by Gasteiger charge is -2.26. The van der Waals surface area contributed by atoms with E-state index in [1.165, 1.54) is 6.07 Å². The lowest BCUT2D eigenvalue weighted by Crippen LogP contribution is -2.46. The van der Waals surface area contributed by atoms with Crippen molar-refractivity contribution in [3.05, 3.63) is 29.1 Å². The second-order valence-electron chi connectivity index (χ2n) is 6.87. The number of carbonyl (C=O) groups excluding carboxylic acids is 4. The molecule has 4 amide bonds. The number of halogens is 1. The monoisotopic (exact) mass is 391 g/mol. The van der Waals surface area contributed by atoms with Gasteiger partial charge in [0, 0.05) is 43.9 Å². The summed E-state index contributed by atoms with van der Waals surface area (Å²) in [6.45, 7) is 3.18. The van der Waals surface area contributed by atoms with E-state index in [4.69, 9.17) is 5.73 Å².